The van der Waals surface area contributed by atoms with Gasteiger partial charge in [0.25, 0.3) is 0 Å². The lowest BCUT2D eigenvalue weighted by Gasteiger charge is -2.03. The van der Waals surface area contributed by atoms with E-state index in [2.05, 4.69) is 20.9 Å². The summed E-state index contributed by atoms with van der Waals surface area (Å²) in [7, 11) is 0. The quantitative estimate of drug-likeness (QED) is 0.691. The molecule has 1 aromatic heterocycles. The van der Waals surface area contributed by atoms with E-state index < -0.39 is 0 Å². The molecule has 5 heteroatoms. The summed E-state index contributed by atoms with van der Waals surface area (Å²) >= 11 is 4.84. The molecule has 17 heavy (non-hydrogen) atoms. The molecule has 0 aliphatic carbocycles. The van der Waals surface area contributed by atoms with Gasteiger partial charge in [-0.1, -0.05) is 0 Å². The van der Waals surface area contributed by atoms with Crippen molar-refractivity contribution in [1.82, 2.24) is 4.98 Å². The van der Waals surface area contributed by atoms with Crippen LogP contribution < -0.4 is 5.73 Å². The van der Waals surface area contributed by atoms with Crippen molar-refractivity contribution < 1.29 is 4.39 Å². The first kappa shape index (κ1) is 12.4. The van der Waals surface area contributed by atoms with Crippen LogP contribution in [0.5, 0.6) is 0 Å². The Kier molecular flexibility index (Phi) is 4.02. The molecular formula is C12H10BrFN2S. The third-order valence-electron chi connectivity index (χ3n) is 2.07. The molecule has 0 unspecified atom stereocenters. The zero-order valence-corrected chi connectivity index (χ0v) is 11.3. The summed E-state index contributed by atoms with van der Waals surface area (Å²) in [5.41, 5.74) is 6.96. The summed E-state index contributed by atoms with van der Waals surface area (Å²) in [6.45, 7) is 0. The molecule has 0 aliphatic heterocycles. The van der Waals surface area contributed by atoms with Crippen molar-refractivity contribution in [3.05, 3.63) is 52.5 Å². The number of anilines is 1. The van der Waals surface area contributed by atoms with E-state index in [9.17, 15) is 4.39 Å². The van der Waals surface area contributed by atoms with Gasteiger partial charge in [0.1, 0.15) is 5.82 Å². The highest BCUT2D eigenvalue weighted by atomic mass is 79.9. The number of thioether (sulfide) groups is 1. The lowest BCUT2D eigenvalue weighted by atomic mass is 10.3. The monoisotopic (exact) mass is 312 g/mol. The van der Waals surface area contributed by atoms with Crippen LogP contribution in [0.4, 0.5) is 10.1 Å². The van der Waals surface area contributed by atoms with Crippen LogP contribution in [-0.2, 0) is 5.75 Å². The van der Waals surface area contributed by atoms with Crippen molar-refractivity contribution in [2.75, 3.05) is 5.73 Å². The predicted octanol–water partition coefficient (Wildman–Crippen LogP) is 3.86. The molecule has 2 aromatic rings. The third kappa shape index (κ3) is 3.71. The molecule has 0 atom stereocenters. The second-order valence-corrected chi connectivity index (χ2v) is 5.44. The topological polar surface area (TPSA) is 38.9 Å². The van der Waals surface area contributed by atoms with Crippen LogP contribution in [0.25, 0.3) is 0 Å². The summed E-state index contributed by atoms with van der Waals surface area (Å²) in [6.07, 6.45) is 1.75. The molecule has 0 saturated carbocycles. The van der Waals surface area contributed by atoms with Gasteiger partial charge in [-0.2, -0.15) is 0 Å². The standard InChI is InChI=1S/C12H10BrFN2S/c13-8-1-2-11(16-6-8)7-17-12-4-9(14)3-10(15)5-12/h1-6H,7,15H2. The van der Waals surface area contributed by atoms with Crippen molar-refractivity contribution >= 4 is 33.4 Å². The summed E-state index contributed by atoms with van der Waals surface area (Å²) in [5.74, 6) is 0.382. The Balaban J connectivity index is 2.04. The maximum absolute atomic E-state index is 13.1. The second-order valence-electron chi connectivity index (χ2n) is 3.48. The van der Waals surface area contributed by atoms with Gasteiger partial charge in [-0.3, -0.25) is 4.98 Å². The van der Waals surface area contributed by atoms with E-state index in [-0.39, 0.29) is 5.82 Å². The molecule has 2 rings (SSSR count). The molecule has 0 aliphatic rings. The van der Waals surface area contributed by atoms with E-state index >= 15 is 0 Å². The first-order chi connectivity index (χ1) is 8.13. The highest BCUT2D eigenvalue weighted by molar-refractivity contribution is 9.10. The molecule has 0 fully saturated rings. The largest absolute Gasteiger partial charge is 0.399 e. The average Bonchev–Trinajstić information content (AvgIpc) is 2.27. The van der Waals surface area contributed by atoms with Crippen LogP contribution in [0, 0.1) is 5.82 Å². The van der Waals surface area contributed by atoms with Crippen LogP contribution in [0.3, 0.4) is 0 Å². The van der Waals surface area contributed by atoms with Crippen LogP contribution in [0.1, 0.15) is 5.69 Å². The minimum absolute atomic E-state index is 0.309. The molecule has 0 saturated heterocycles. The molecule has 2 nitrogen and oxygen atoms in total. The van der Waals surface area contributed by atoms with Gasteiger partial charge in [0.05, 0.1) is 5.69 Å². The Morgan fingerprint density at radius 2 is 2.12 bits per heavy atom. The number of nitrogens with zero attached hydrogens (tertiary/aromatic N) is 1. The number of hydrogen-bond acceptors (Lipinski definition) is 3. The number of halogens is 2. The Hall–Kier alpha value is -1.07. The predicted molar refractivity (Wildman–Crippen MR) is 72.3 cm³/mol. The van der Waals surface area contributed by atoms with E-state index in [1.165, 1.54) is 23.9 Å². The van der Waals surface area contributed by atoms with Crippen LogP contribution in [0.2, 0.25) is 0 Å². The molecule has 0 spiro atoms. The smallest absolute Gasteiger partial charge is 0.126 e. The van der Waals surface area contributed by atoms with Crippen LogP contribution in [0.15, 0.2) is 45.9 Å². The zero-order valence-electron chi connectivity index (χ0n) is 8.86. The maximum Gasteiger partial charge on any atom is 0.126 e. The second kappa shape index (κ2) is 5.51. The molecule has 0 amide bonds. The molecule has 88 valence electrons. The molecular weight excluding hydrogens is 303 g/mol. The van der Waals surface area contributed by atoms with Crippen molar-refractivity contribution in [2.24, 2.45) is 0 Å². The number of aromatic nitrogens is 1. The van der Waals surface area contributed by atoms with Crippen molar-refractivity contribution in [1.29, 1.82) is 0 Å². The number of nitrogen functional groups attached to an aromatic ring is 1. The highest BCUT2D eigenvalue weighted by Crippen LogP contribution is 2.25. The number of nitrogens with two attached hydrogens (primary N) is 1. The molecule has 0 bridgehead atoms. The molecule has 2 N–H and O–H groups in total. The number of pyridine rings is 1. The van der Waals surface area contributed by atoms with Crippen molar-refractivity contribution in [3.63, 3.8) is 0 Å². The fourth-order valence-corrected chi connectivity index (χ4v) is 2.45. The van der Waals surface area contributed by atoms with Gasteiger partial charge < -0.3 is 5.73 Å². The highest BCUT2D eigenvalue weighted by Gasteiger charge is 2.01. The lowest BCUT2D eigenvalue weighted by molar-refractivity contribution is 0.625. The fraction of sp³-hybridized carbons (Fsp3) is 0.0833. The van der Waals surface area contributed by atoms with Crippen LogP contribution in [-0.4, -0.2) is 4.98 Å². The minimum atomic E-state index is -0.309. The first-order valence-electron chi connectivity index (χ1n) is 4.93. The maximum atomic E-state index is 13.1. The van der Waals surface area contributed by atoms with Gasteiger partial charge in [0.15, 0.2) is 0 Å². The Bertz CT molecular complexity index is 496. The number of rotatable bonds is 3. The number of hydrogen-bond donors (Lipinski definition) is 1. The minimum Gasteiger partial charge on any atom is -0.399 e. The number of benzene rings is 1. The summed E-state index contributed by atoms with van der Waals surface area (Å²) in [5, 5.41) is 0. The van der Waals surface area contributed by atoms with Gasteiger partial charge in [0.2, 0.25) is 0 Å². The van der Waals surface area contributed by atoms with Gasteiger partial charge >= 0.3 is 0 Å². The first-order valence-corrected chi connectivity index (χ1v) is 6.70. The summed E-state index contributed by atoms with van der Waals surface area (Å²) < 4.78 is 14.0. The average molecular weight is 313 g/mol. The molecule has 0 radical (unpaired) electrons. The van der Waals surface area contributed by atoms with Crippen molar-refractivity contribution in [3.8, 4) is 0 Å². The zero-order chi connectivity index (χ0) is 12.3. The van der Waals surface area contributed by atoms with E-state index in [1.807, 2.05) is 12.1 Å². The summed E-state index contributed by atoms with van der Waals surface area (Å²) in [6, 6.07) is 8.40. The van der Waals surface area contributed by atoms with Gasteiger partial charge in [-0.25, -0.2) is 4.39 Å². The Morgan fingerprint density at radius 3 is 2.76 bits per heavy atom. The Labute approximate surface area is 112 Å². The summed E-state index contributed by atoms with van der Waals surface area (Å²) in [4.78, 5) is 5.06. The van der Waals surface area contributed by atoms with E-state index in [1.54, 1.807) is 12.3 Å². The van der Waals surface area contributed by atoms with E-state index in [0.717, 1.165) is 15.1 Å². The fourth-order valence-electron chi connectivity index (χ4n) is 1.32. The lowest BCUT2D eigenvalue weighted by Crippen LogP contribution is -1.89. The van der Waals surface area contributed by atoms with Gasteiger partial charge in [-0.15, -0.1) is 11.8 Å². The van der Waals surface area contributed by atoms with Gasteiger partial charge in [0, 0.05) is 27.0 Å². The SMILES string of the molecule is Nc1cc(F)cc(SCc2ccc(Br)cn2)c1. The van der Waals surface area contributed by atoms with E-state index in [4.69, 9.17) is 5.73 Å². The van der Waals surface area contributed by atoms with Crippen molar-refractivity contribution in [2.45, 2.75) is 10.6 Å². The molecule has 1 aromatic carbocycles. The third-order valence-corrected chi connectivity index (χ3v) is 3.55. The normalized spacial score (nSPS) is 10.5. The molecule has 1 heterocycles. The van der Waals surface area contributed by atoms with E-state index in [0.29, 0.717) is 11.4 Å². The van der Waals surface area contributed by atoms with Gasteiger partial charge in [-0.05, 0) is 46.3 Å². The van der Waals surface area contributed by atoms with Crippen LogP contribution >= 0.6 is 27.7 Å². The Morgan fingerprint density at radius 1 is 1.29 bits per heavy atom.